The molecule has 0 aliphatic carbocycles. The zero-order valence-electron chi connectivity index (χ0n) is 13.0. The first kappa shape index (κ1) is 16.3. The predicted octanol–water partition coefficient (Wildman–Crippen LogP) is 3.03. The van der Waals surface area contributed by atoms with Gasteiger partial charge in [0.25, 0.3) is 5.91 Å². The number of ether oxygens (including phenoxy) is 1. The SMILES string of the molecule is O=C1CCOc2ccc(CCNC(=O)c3cccc(Cl)c3)cc2N1. The number of benzene rings is 2. The number of carbonyl (C=O) groups is 2. The molecule has 1 aliphatic heterocycles. The molecule has 0 unspecified atom stereocenters. The second kappa shape index (κ2) is 7.36. The topological polar surface area (TPSA) is 67.4 Å². The molecule has 0 bridgehead atoms. The number of hydrogen-bond donors (Lipinski definition) is 2. The van der Waals surface area contributed by atoms with Gasteiger partial charge in [0.05, 0.1) is 18.7 Å². The summed E-state index contributed by atoms with van der Waals surface area (Å²) < 4.78 is 5.52. The highest BCUT2D eigenvalue weighted by atomic mass is 35.5. The van der Waals surface area contributed by atoms with Crippen LogP contribution in [0.25, 0.3) is 0 Å². The van der Waals surface area contributed by atoms with Gasteiger partial charge in [-0.2, -0.15) is 0 Å². The summed E-state index contributed by atoms with van der Waals surface area (Å²) in [6.07, 6.45) is 0.995. The third-order valence-electron chi connectivity index (χ3n) is 3.69. The van der Waals surface area contributed by atoms with Gasteiger partial charge in [0.2, 0.25) is 5.91 Å². The molecule has 6 heteroatoms. The lowest BCUT2D eigenvalue weighted by Crippen LogP contribution is -2.25. The van der Waals surface area contributed by atoms with Gasteiger partial charge in [-0.25, -0.2) is 0 Å². The van der Waals surface area contributed by atoms with Crippen LogP contribution in [0.5, 0.6) is 5.75 Å². The van der Waals surface area contributed by atoms with Crippen LogP contribution in [0.15, 0.2) is 42.5 Å². The van der Waals surface area contributed by atoms with E-state index in [-0.39, 0.29) is 11.8 Å². The first-order valence-corrected chi connectivity index (χ1v) is 8.09. The highest BCUT2D eigenvalue weighted by molar-refractivity contribution is 6.30. The van der Waals surface area contributed by atoms with Crippen molar-refractivity contribution in [2.75, 3.05) is 18.5 Å². The van der Waals surface area contributed by atoms with Crippen molar-refractivity contribution >= 4 is 29.1 Å². The van der Waals surface area contributed by atoms with Gasteiger partial charge in [-0.05, 0) is 42.3 Å². The van der Waals surface area contributed by atoms with Crippen molar-refractivity contribution in [1.29, 1.82) is 0 Å². The van der Waals surface area contributed by atoms with Crippen molar-refractivity contribution in [3.63, 3.8) is 0 Å². The smallest absolute Gasteiger partial charge is 0.251 e. The first-order valence-electron chi connectivity index (χ1n) is 7.71. The van der Waals surface area contributed by atoms with Crippen molar-refractivity contribution < 1.29 is 14.3 Å². The van der Waals surface area contributed by atoms with Gasteiger partial charge in [-0.3, -0.25) is 9.59 Å². The standard InChI is InChI=1S/C18H17ClN2O3/c19-14-3-1-2-13(11-14)18(23)20-8-6-12-4-5-16-15(10-12)21-17(22)7-9-24-16/h1-5,10-11H,6-9H2,(H,20,23)(H,21,22). The van der Waals surface area contributed by atoms with Crippen LogP contribution in [0.3, 0.4) is 0 Å². The van der Waals surface area contributed by atoms with Crippen molar-refractivity contribution in [1.82, 2.24) is 5.32 Å². The fourth-order valence-corrected chi connectivity index (χ4v) is 2.67. The molecule has 0 spiro atoms. The summed E-state index contributed by atoms with van der Waals surface area (Å²) in [4.78, 5) is 23.6. The molecule has 2 aromatic rings. The molecule has 0 fully saturated rings. The highest BCUT2D eigenvalue weighted by Gasteiger charge is 2.14. The lowest BCUT2D eigenvalue weighted by molar-refractivity contribution is -0.116. The number of carbonyl (C=O) groups excluding carboxylic acids is 2. The predicted molar refractivity (Wildman–Crippen MR) is 92.7 cm³/mol. The molecule has 0 atom stereocenters. The Morgan fingerprint density at radius 2 is 2.12 bits per heavy atom. The van der Waals surface area contributed by atoms with Gasteiger partial charge in [0, 0.05) is 17.1 Å². The lowest BCUT2D eigenvalue weighted by atomic mass is 10.1. The molecule has 24 heavy (non-hydrogen) atoms. The molecule has 0 saturated carbocycles. The number of anilines is 1. The van der Waals surface area contributed by atoms with Crippen LogP contribution < -0.4 is 15.4 Å². The molecule has 124 valence electrons. The van der Waals surface area contributed by atoms with Crippen LogP contribution in [-0.2, 0) is 11.2 Å². The van der Waals surface area contributed by atoms with Crippen LogP contribution in [0, 0.1) is 0 Å². The molecular formula is C18H17ClN2O3. The number of fused-ring (bicyclic) bond motifs is 1. The summed E-state index contributed by atoms with van der Waals surface area (Å²) in [5.41, 5.74) is 2.22. The Hall–Kier alpha value is -2.53. The van der Waals surface area contributed by atoms with E-state index in [4.69, 9.17) is 16.3 Å². The van der Waals surface area contributed by atoms with Crippen molar-refractivity contribution in [2.24, 2.45) is 0 Å². The fraction of sp³-hybridized carbons (Fsp3) is 0.222. The summed E-state index contributed by atoms with van der Waals surface area (Å²) in [5, 5.41) is 6.22. The maximum atomic E-state index is 12.1. The number of hydrogen-bond acceptors (Lipinski definition) is 3. The van der Waals surface area contributed by atoms with Gasteiger partial charge in [-0.1, -0.05) is 23.7 Å². The molecule has 5 nitrogen and oxygen atoms in total. The average Bonchev–Trinajstić information content (AvgIpc) is 2.75. The van der Waals surface area contributed by atoms with Gasteiger partial charge < -0.3 is 15.4 Å². The van der Waals surface area contributed by atoms with Gasteiger partial charge in [-0.15, -0.1) is 0 Å². The largest absolute Gasteiger partial charge is 0.491 e. The van der Waals surface area contributed by atoms with Crippen LogP contribution in [0.4, 0.5) is 5.69 Å². The van der Waals surface area contributed by atoms with Gasteiger partial charge in [0.1, 0.15) is 5.75 Å². The molecule has 3 rings (SSSR count). The Kier molecular flexibility index (Phi) is 5.01. The van der Waals surface area contributed by atoms with Gasteiger partial charge >= 0.3 is 0 Å². The number of nitrogens with one attached hydrogen (secondary N) is 2. The molecule has 0 aromatic heterocycles. The molecule has 1 aliphatic rings. The second-order valence-electron chi connectivity index (χ2n) is 5.49. The average molecular weight is 345 g/mol. The lowest BCUT2D eigenvalue weighted by Gasteiger charge is -2.10. The summed E-state index contributed by atoms with van der Waals surface area (Å²) in [6.45, 7) is 0.868. The minimum Gasteiger partial charge on any atom is -0.491 e. The number of halogens is 1. The number of rotatable bonds is 4. The molecular weight excluding hydrogens is 328 g/mol. The van der Waals surface area contributed by atoms with E-state index in [9.17, 15) is 9.59 Å². The highest BCUT2D eigenvalue weighted by Crippen LogP contribution is 2.28. The Morgan fingerprint density at radius 3 is 2.96 bits per heavy atom. The third-order valence-corrected chi connectivity index (χ3v) is 3.93. The van der Waals surface area contributed by atoms with Crippen molar-refractivity contribution in [2.45, 2.75) is 12.8 Å². The van der Waals surface area contributed by atoms with E-state index in [2.05, 4.69) is 10.6 Å². The maximum Gasteiger partial charge on any atom is 0.251 e. The second-order valence-corrected chi connectivity index (χ2v) is 5.93. The quantitative estimate of drug-likeness (QED) is 0.895. The number of amides is 2. The fourth-order valence-electron chi connectivity index (χ4n) is 2.47. The Balaban J connectivity index is 1.59. The molecule has 2 aromatic carbocycles. The van der Waals surface area contributed by atoms with E-state index >= 15 is 0 Å². The van der Waals surface area contributed by atoms with Gasteiger partial charge in [0.15, 0.2) is 0 Å². The first-order chi connectivity index (χ1) is 11.6. The monoisotopic (exact) mass is 344 g/mol. The molecule has 0 radical (unpaired) electrons. The Morgan fingerprint density at radius 1 is 1.25 bits per heavy atom. The van der Waals surface area contributed by atoms with Crippen LogP contribution in [-0.4, -0.2) is 25.0 Å². The van der Waals surface area contributed by atoms with Crippen LogP contribution in [0.2, 0.25) is 5.02 Å². The normalized spacial score (nSPS) is 13.3. The minimum atomic E-state index is -0.163. The van der Waals surface area contributed by atoms with E-state index in [1.807, 2.05) is 18.2 Å². The Labute approximate surface area is 145 Å². The summed E-state index contributed by atoms with van der Waals surface area (Å²) in [7, 11) is 0. The van der Waals surface area contributed by atoms with E-state index in [0.29, 0.717) is 48.0 Å². The summed E-state index contributed by atoms with van der Waals surface area (Å²) >= 11 is 5.89. The zero-order valence-corrected chi connectivity index (χ0v) is 13.7. The maximum absolute atomic E-state index is 12.1. The van der Waals surface area contributed by atoms with Crippen molar-refractivity contribution in [3.05, 3.63) is 58.6 Å². The minimum absolute atomic E-state index is 0.0554. The van der Waals surface area contributed by atoms with Crippen molar-refractivity contribution in [3.8, 4) is 5.75 Å². The van der Waals surface area contributed by atoms with Crippen LogP contribution in [0.1, 0.15) is 22.3 Å². The zero-order chi connectivity index (χ0) is 16.9. The molecule has 0 saturated heterocycles. The summed E-state index contributed by atoms with van der Waals surface area (Å²) in [6, 6.07) is 12.5. The van der Waals surface area contributed by atoms with E-state index < -0.39 is 0 Å². The molecule has 2 amide bonds. The van der Waals surface area contributed by atoms with Crippen LogP contribution >= 0.6 is 11.6 Å². The third kappa shape index (κ3) is 4.06. The Bertz CT molecular complexity index is 777. The van der Waals surface area contributed by atoms with E-state index in [1.165, 1.54) is 0 Å². The molecule has 1 heterocycles. The summed E-state index contributed by atoms with van der Waals surface area (Å²) in [5.74, 6) is 0.455. The van der Waals surface area contributed by atoms with E-state index in [1.54, 1.807) is 24.3 Å². The van der Waals surface area contributed by atoms with E-state index in [0.717, 1.165) is 5.56 Å². The molecule has 2 N–H and O–H groups in total.